The van der Waals surface area contributed by atoms with Crippen LogP contribution in [0.25, 0.3) is 11.0 Å². The van der Waals surface area contributed by atoms with Gasteiger partial charge in [-0.05, 0) is 35.9 Å². The number of hydrogen-bond acceptors (Lipinski definition) is 3. The summed E-state index contributed by atoms with van der Waals surface area (Å²) >= 11 is 5.94. The van der Waals surface area contributed by atoms with E-state index in [1.807, 2.05) is 24.3 Å². The molecule has 1 amide bonds. The van der Waals surface area contributed by atoms with Gasteiger partial charge in [0.05, 0.1) is 24.2 Å². The molecular weight excluding hydrogens is 354 g/mol. The maximum atomic E-state index is 12.9. The van der Waals surface area contributed by atoms with Crippen LogP contribution in [0.3, 0.4) is 0 Å². The van der Waals surface area contributed by atoms with E-state index in [9.17, 15) is 9.59 Å². The molecular formula is C19H18ClN3O3. The number of carbonyl (C=O) groups excluding carboxylic acids is 1. The number of rotatable bonds is 2. The molecule has 26 heavy (non-hydrogen) atoms. The Labute approximate surface area is 154 Å². The number of nitrogens with zero attached hydrogens (tertiary/aromatic N) is 2. The summed E-state index contributed by atoms with van der Waals surface area (Å²) < 4.78 is 7.34. The summed E-state index contributed by atoms with van der Waals surface area (Å²) in [5, 5.41) is 0.669. The van der Waals surface area contributed by atoms with E-state index in [2.05, 4.69) is 4.98 Å². The van der Waals surface area contributed by atoms with Gasteiger partial charge in [-0.3, -0.25) is 9.36 Å². The van der Waals surface area contributed by atoms with Crippen LogP contribution in [0.1, 0.15) is 22.0 Å². The quantitative estimate of drug-likeness (QED) is 0.753. The fraction of sp³-hybridized carbons (Fsp3) is 0.263. The number of aromatic amines is 1. The minimum Gasteiger partial charge on any atom is -0.370 e. The summed E-state index contributed by atoms with van der Waals surface area (Å²) in [5.41, 5.74) is 2.78. The highest BCUT2D eigenvalue weighted by atomic mass is 35.5. The van der Waals surface area contributed by atoms with E-state index in [1.165, 1.54) is 4.57 Å². The van der Waals surface area contributed by atoms with Crippen molar-refractivity contribution in [2.45, 2.75) is 6.10 Å². The maximum absolute atomic E-state index is 12.9. The third-order valence-electron chi connectivity index (χ3n) is 4.75. The van der Waals surface area contributed by atoms with Crippen LogP contribution in [-0.2, 0) is 11.8 Å². The average Bonchev–Trinajstić information content (AvgIpc) is 2.95. The van der Waals surface area contributed by atoms with Gasteiger partial charge in [-0.15, -0.1) is 0 Å². The van der Waals surface area contributed by atoms with Gasteiger partial charge < -0.3 is 14.6 Å². The zero-order chi connectivity index (χ0) is 18.3. The number of morpholine rings is 1. The molecule has 134 valence electrons. The van der Waals surface area contributed by atoms with E-state index in [-0.39, 0.29) is 17.7 Å². The van der Waals surface area contributed by atoms with Crippen molar-refractivity contribution in [2.24, 2.45) is 7.05 Å². The molecule has 1 aliphatic heterocycles. The predicted octanol–water partition coefficient (Wildman–Crippen LogP) is 2.73. The van der Waals surface area contributed by atoms with Crippen LogP contribution in [0.15, 0.2) is 47.3 Å². The maximum Gasteiger partial charge on any atom is 0.326 e. The van der Waals surface area contributed by atoms with Crippen molar-refractivity contribution in [1.82, 2.24) is 14.5 Å². The Bertz CT molecular complexity index is 1020. The van der Waals surface area contributed by atoms with E-state index in [1.54, 1.807) is 30.1 Å². The van der Waals surface area contributed by atoms with Crippen LogP contribution in [-0.4, -0.2) is 40.1 Å². The zero-order valence-corrected chi connectivity index (χ0v) is 15.0. The molecule has 1 atom stereocenters. The summed E-state index contributed by atoms with van der Waals surface area (Å²) in [6.07, 6.45) is -0.176. The summed E-state index contributed by atoms with van der Waals surface area (Å²) in [5.74, 6) is -0.0705. The van der Waals surface area contributed by atoms with E-state index in [4.69, 9.17) is 16.3 Å². The molecule has 2 aromatic carbocycles. The number of nitrogens with one attached hydrogen (secondary N) is 1. The Morgan fingerprint density at radius 1 is 1.23 bits per heavy atom. The molecule has 0 aliphatic carbocycles. The van der Waals surface area contributed by atoms with E-state index < -0.39 is 0 Å². The molecule has 1 N–H and O–H groups in total. The number of aromatic nitrogens is 2. The van der Waals surface area contributed by atoms with Crippen LogP contribution >= 0.6 is 11.6 Å². The first-order valence-corrected chi connectivity index (χ1v) is 8.76. The Kier molecular flexibility index (Phi) is 4.30. The second kappa shape index (κ2) is 6.63. The smallest absolute Gasteiger partial charge is 0.326 e. The fourth-order valence-electron chi connectivity index (χ4n) is 3.27. The van der Waals surface area contributed by atoms with Gasteiger partial charge in [0.1, 0.15) is 6.10 Å². The number of aryl methyl sites for hydroxylation is 1. The lowest BCUT2D eigenvalue weighted by Crippen LogP contribution is -2.42. The van der Waals surface area contributed by atoms with Gasteiger partial charge in [-0.1, -0.05) is 23.7 Å². The van der Waals surface area contributed by atoms with Crippen LogP contribution < -0.4 is 5.69 Å². The Balaban J connectivity index is 1.57. The number of hydrogen-bond donors (Lipinski definition) is 1. The molecule has 0 spiro atoms. The highest BCUT2D eigenvalue weighted by molar-refractivity contribution is 6.30. The largest absolute Gasteiger partial charge is 0.370 e. The van der Waals surface area contributed by atoms with Crippen molar-refractivity contribution in [2.75, 3.05) is 19.7 Å². The minimum absolute atomic E-state index is 0.0705. The molecule has 4 rings (SSSR count). The van der Waals surface area contributed by atoms with Crippen molar-refractivity contribution in [3.8, 4) is 0 Å². The molecule has 0 bridgehead atoms. The third kappa shape index (κ3) is 3.02. The number of amides is 1. The van der Waals surface area contributed by atoms with Crippen molar-refractivity contribution in [3.05, 3.63) is 69.1 Å². The van der Waals surface area contributed by atoms with E-state index in [0.717, 1.165) is 11.1 Å². The first-order chi connectivity index (χ1) is 12.5. The fourth-order valence-corrected chi connectivity index (χ4v) is 3.39. The second-order valence-corrected chi connectivity index (χ2v) is 6.82. The Morgan fingerprint density at radius 2 is 2.00 bits per heavy atom. The predicted molar refractivity (Wildman–Crippen MR) is 99.6 cm³/mol. The van der Waals surface area contributed by atoms with Gasteiger partial charge in [-0.25, -0.2) is 4.79 Å². The van der Waals surface area contributed by atoms with Crippen LogP contribution in [0.5, 0.6) is 0 Å². The van der Waals surface area contributed by atoms with Crippen LogP contribution in [0.4, 0.5) is 0 Å². The number of H-pyrrole nitrogens is 1. The van der Waals surface area contributed by atoms with Gasteiger partial charge >= 0.3 is 5.69 Å². The summed E-state index contributed by atoms with van der Waals surface area (Å²) in [6, 6.07) is 12.7. The van der Waals surface area contributed by atoms with Crippen LogP contribution in [0, 0.1) is 0 Å². The highest BCUT2D eigenvalue weighted by Crippen LogP contribution is 2.25. The molecule has 1 aromatic heterocycles. The van der Waals surface area contributed by atoms with Crippen molar-refractivity contribution >= 4 is 28.5 Å². The van der Waals surface area contributed by atoms with E-state index in [0.29, 0.717) is 35.8 Å². The normalized spacial score (nSPS) is 17.6. The molecule has 6 nitrogen and oxygen atoms in total. The van der Waals surface area contributed by atoms with Crippen molar-refractivity contribution in [3.63, 3.8) is 0 Å². The third-order valence-corrected chi connectivity index (χ3v) is 5.00. The molecule has 2 heterocycles. The van der Waals surface area contributed by atoms with Gasteiger partial charge in [0.25, 0.3) is 5.91 Å². The second-order valence-electron chi connectivity index (χ2n) is 6.38. The molecule has 1 saturated heterocycles. The summed E-state index contributed by atoms with van der Waals surface area (Å²) in [7, 11) is 1.70. The molecule has 1 fully saturated rings. The molecule has 1 aliphatic rings. The van der Waals surface area contributed by atoms with Crippen molar-refractivity contribution in [1.29, 1.82) is 0 Å². The van der Waals surface area contributed by atoms with Crippen LogP contribution in [0.2, 0.25) is 5.02 Å². The SMILES string of the molecule is Cn1c(=O)[nH]c2cc(C(=O)N3CCOC(c4ccc(Cl)cc4)C3)ccc21. The van der Waals surface area contributed by atoms with Gasteiger partial charge in [-0.2, -0.15) is 0 Å². The highest BCUT2D eigenvalue weighted by Gasteiger charge is 2.26. The molecule has 0 saturated carbocycles. The lowest BCUT2D eigenvalue weighted by Gasteiger charge is -2.33. The Morgan fingerprint density at radius 3 is 2.77 bits per heavy atom. The number of carbonyl (C=O) groups is 1. The van der Waals surface area contributed by atoms with Gasteiger partial charge in [0.2, 0.25) is 0 Å². The summed E-state index contributed by atoms with van der Waals surface area (Å²) in [6.45, 7) is 1.49. The summed E-state index contributed by atoms with van der Waals surface area (Å²) in [4.78, 5) is 29.2. The number of benzene rings is 2. The standard InChI is InChI=1S/C19H18ClN3O3/c1-22-16-7-4-13(10-15(16)21-19(22)25)18(24)23-8-9-26-17(11-23)12-2-5-14(20)6-3-12/h2-7,10,17H,8-9,11H2,1H3,(H,21,25). The number of ether oxygens (including phenoxy) is 1. The molecule has 0 radical (unpaired) electrons. The topological polar surface area (TPSA) is 67.3 Å². The Hall–Kier alpha value is -2.57. The number of halogens is 1. The first-order valence-electron chi connectivity index (χ1n) is 8.38. The zero-order valence-electron chi connectivity index (χ0n) is 14.2. The van der Waals surface area contributed by atoms with Gasteiger partial charge in [0, 0.05) is 24.2 Å². The lowest BCUT2D eigenvalue weighted by molar-refractivity contribution is -0.0228. The number of imidazole rings is 1. The average molecular weight is 372 g/mol. The monoisotopic (exact) mass is 371 g/mol. The number of fused-ring (bicyclic) bond motifs is 1. The molecule has 1 unspecified atom stereocenters. The minimum atomic E-state index is -0.196. The first kappa shape index (κ1) is 16.9. The molecule has 3 aromatic rings. The van der Waals surface area contributed by atoms with Gasteiger partial charge in [0.15, 0.2) is 0 Å². The van der Waals surface area contributed by atoms with Crippen molar-refractivity contribution < 1.29 is 9.53 Å². The molecule has 7 heteroatoms. The lowest BCUT2D eigenvalue weighted by atomic mass is 10.1. The van der Waals surface area contributed by atoms with E-state index >= 15 is 0 Å².